The largest absolute Gasteiger partial charge is 0.372 e. The molecular weight excluding hydrogens is 252 g/mol. The molecule has 2 atom stereocenters. The van der Waals surface area contributed by atoms with E-state index in [4.69, 9.17) is 4.74 Å². The number of carbonyl (C=O) groups excluding carboxylic acids is 2. The molecule has 1 saturated heterocycles. The number of benzene rings is 2. The number of hydrogen-bond acceptors (Lipinski definition) is 3. The summed E-state index contributed by atoms with van der Waals surface area (Å²) in [6.45, 7) is 2.25. The Balaban J connectivity index is 2.03. The van der Waals surface area contributed by atoms with E-state index < -0.39 is 5.92 Å². The smallest absolute Gasteiger partial charge is 0.148 e. The fourth-order valence-electron chi connectivity index (χ4n) is 2.85. The Morgan fingerprint density at radius 3 is 2.65 bits per heavy atom. The number of fused-ring (bicyclic) bond motifs is 1. The third-order valence-electron chi connectivity index (χ3n) is 3.93. The van der Waals surface area contributed by atoms with Gasteiger partial charge in [0.15, 0.2) is 0 Å². The maximum atomic E-state index is 11.9. The summed E-state index contributed by atoms with van der Waals surface area (Å²) in [5.41, 5.74) is 2.21. The molecule has 0 spiro atoms. The highest BCUT2D eigenvalue weighted by atomic mass is 16.5. The summed E-state index contributed by atoms with van der Waals surface area (Å²) >= 11 is 0. The number of hydrogen-bond donors (Lipinski definition) is 0. The van der Waals surface area contributed by atoms with Crippen LogP contribution in [0.5, 0.6) is 0 Å². The van der Waals surface area contributed by atoms with E-state index >= 15 is 0 Å². The van der Waals surface area contributed by atoms with Crippen molar-refractivity contribution in [3.63, 3.8) is 0 Å². The van der Waals surface area contributed by atoms with Gasteiger partial charge in [0.05, 0.1) is 18.6 Å². The van der Waals surface area contributed by atoms with Crippen molar-refractivity contribution in [1.29, 1.82) is 0 Å². The van der Waals surface area contributed by atoms with Crippen LogP contribution in [0, 0.1) is 12.8 Å². The standard InChI is InChI=1S/C17H16O3/c1-11-4-2-5-12-6-3-7-14(17(11)12)16-8-15(19)13(9-18)10-20-16/h2-7,9,13,16H,8,10H2,1H3. The predicted molar refractivity (Wildman–Crippen MR) is 76.6 cm³/mol. The fraction of sp³-hybridized carbons (Fsp3) is 0.294. The first kappa shape index (κ1) is 13.0. The molecule has 20 heavy (non-hydrogen) atoms. The monoisotopic (exact) mass is 268 g/mol. The van der Waals surface area contributed by atoms with Gasteiger partial charge in [0.2, 0.25) is 0 Å². The van der Waals surface area contributed by atoms with E-state index in [2.05, 4.69) is 25.1 Å². The molecule has 3 heteroatoms. The van der Waals surface area contributed by atoms with Crippen molar-refractivity contribution in [1.82, 2.24) is 0 Å². The summed E-state index contributed by atoms with van der Waals surface area (Å²) < 4.78 is 5.75. The lowest BCUT2D eigenvalue weighted by Crippen LogP contribution is -2.30. The summed E-state index contributed by atoms with van der Waals surface area (Å²) in [5, 5.41) is 2.30. The quantitative estimate of drug-likeness (QED) is 0.621. The highest BCUT2D eigenvalue weighted by Crippen LogP contribution is 2.34. The molecular formula is C17H16O3. The number of ether oxygens (including phenoxy) is 1. The third-order valence-corrected chi connectivity index (χ3v) is 3.93. The van der Waals surface area contributed by atoms with E-state index in [0.717, 1.165) is 16.3 Å². The van der Waals surface area contributed by atoms with Gasteiger partial charge in [0.1, 0.15) is 12.1 Å². The zero-order valence-corrected chi connectivity index (χ0v) is 11.3. The molecule has 0 aromatic heterocycles. The van der Waals surface area contributed by atoms with Crippen LogP contribution in [0.25, 0.3) is 10.8 Å². The van der Waals surface area contributed by atoms with Crippen LogP contribution in [-0.2, 0) is 14.3 Å². The van der Waals surface area contributed by atoms with Gasteiger partial charge in [-0.05, 0) is 28.8 Å². The number of rotatable bonds is 2. The number of aryl methyl sites for hydroxylation is 1. The highest BCUT2D eigenvalue weighted by molar-refractivity contribution is 5.95. The molecule has 2 unspecified atom stereocenters. The molecule has 1 aliphatic rings. The molecule has 3 nitrogen and oxygen atoms in total. The zero-order chi connectivity index (χ0) is 14.1. The van der Waals surface area contributed by atoms with Crippen molar-refractivity contribution in [2.45, 2.75) is 19.4 Å². The van der Waals surface area contributed by atoms with Gasteiger partial charge in [0, 0.05) is 6.42 Å². The number of aldehydes is 1. The minimum atomic E-state index is -0.595. The first-order valence-corrected chi connectivity index (χ1v) is 6.78. The number of carbonyl (C=O) groups is 2. The van der Waals surface area contributed by atoms with Crippen LogP contribution >= 0.6 is 0 Å². The second kappa shape index (κ2) is 5.17. The second-order valence-corrected chi connectivity index (χ2v) is 5.26. The van der Waals surface area contributed by atoms with Crippen molar-refractivity contribution in [2.24, 2.45) is 5.92 Å². The molecule has 0 amide bonds. The molecule has 0 aliphatic carbocycles. The zero-order valence-electron chi connectivity index (χ0n) is 11.3. The SMILES string of the molecule is Cc1cccc2cccc(C3CC(=O)C(C=O)CO3)c12. The molecule has 1 aliphatic heterocycles. The summed E-state index contributed by atoms with van der Waals surface area (Å²) in [4.78, 5) is 22.7. The Morgan fingerprint density at radius 2 is 1.95 bits per heavy atom. The Labute approximate surface area is 117 Å². The van der Waals surface area contributed by atoms with Crippen molar-refractivity contribution in [3.05, 3.63) is 47.5 Å². The Bertz CT molecular complexity index is 670. The van der Waals surface area contributed by atoms with Crippen LogP contribution in [0.15, 0.2) is 36.4 Å². The summed E-state index contributed by atoms with van der Waals surface area (Å²) in [6.07, 6.45) is 0.715. The Morgan fingerprint density at radius 1 is 1.20 bits per heavy atom. The van der Waals surface area contributed by atoms with E-state index in [1.807, 2.05) is 18.2 Å². The molecule has 102 valence electrons. The average Bonchev–Trinajstić information content (AvgIpc) is 2.47. The molecule has 1 fully saturated rings. The molecule has 2 aromatic rings. The van der Waals surface area contributed by atoms with Gasteiger partial charge >= 0.3 is 0 Å². The van der Waals surface area contributed by atoms with Gasteiger partial charge in [-0.3, -0.25) is 4.79 Å². The first-order chi connectivity index (χ1) is 9.70. The Kier molecular flexibility index (Phi) is 3.36. The maximum Gasteiger partial charge on any atom is 0.148 e. The maximum absolute atomic E-state index is 11.9. The van der Waals surface area contributed by atoms with Crippen LogP contribution in [-0.4, -0.2) is 18.7 Å². The van der Waals surface area contributed by atoms with E-state index in [0.29, 0.717) is 6.29 Å². The van der Waals surface area contributed by atoms with E-state index in [9.17, 15) is 9.59 Å². The molecule has 2 aromatic carbocycles. The summed E-state index contributed by atoms with van der Waals surface area (Å²) in [7, 11) is 0. The van der Waals surface area contributed by atoms with Crippen molar-refractivity contribution < 1.29 is 14.3 Å². The molecule has 0 N–H and O–H groups in total. The molecule has 0 saturated carbocycles. The lowest BCUT2D eigenvalue weighted by atomic mass is 9.90. The highest BCUT2D eigenvalue weighted by Gasteiger charge is 2.30. The number of Topliss-reactive ketones (excluding diaryl/α,β-unsaturated/α-hetero) is 1. The minimum absolute atomic E-state index is 0.0261. The van der Waals surface area contributed by atoms with Crippen LogP contribution in [0.1, 0.15) is 23.7 Å². The van der Waals surface area contributed by atoms with Crippen molar-refractivity contribution in [3.8, 4) is 0 Å². The van der Waals surface area contributed by atoms with E-state index in [-0.39, 0.29) is 24.9 Å². The molecule has 0 bridgehead atoms. The van der Waals surface area contributed by atoms with Crippen LogP contribution < -0.4 is 0 Å². The molecule has 3 rings (SSSR count). The average molecular weight is 268 g/mol. The fourth-order valence-corrected chi connectivity index (χ4v) is 2.85. The lowest BCUT2D eigenvalue weighted by Gasteiger charge is -2.26. The van der Waals surface area contributed by atoms with Gasteiger partial charge in [-0.15, -0.1) is 0 Å². The van der Waals surface area contributed by atoms with Gasteiger partial charge in [0.25, 0.3) is 0 Å². The topological polar surface area (TPSA) is 43.4 Å². The minimum Gasteiger partial charge on any atom is -0.372 e. The van der Waals surface area contributed by atoms with Gasteiger partial charge < -0.3 is 9.53 Å². The molecule has 0 radical (unpaired) electrons. The van der Waals surface area contributed by atoms with E-state index in [1.54, 1.807) is 0 Å². The van der Waals surface area contributed by atoms with Gasteiger partial charge in [-0.2, -0.15) is 0 Å². The Hall–Kier alpha value is -2.00. The molecule has 1 heterocycles. The van der Waals surface area contributed by atoms with Crippen LogP contribution in [0.3, 0.4) is 0 Å². The summed E-state index contributed by atoms with van der Waals surface area (Å²) in [5.74, 6) is -0.621. The summed E-state index contributed by atoms with van der Waals surface area (Å²) in [6, 6.07) is 12.2. The first-order valence-electron chi connectivity index (χ1n) is 6.78. The van der Waals surface area contributed by atoms with Gasteiger partial charge in [-0.1, -0.05) is 36.4 Å². The van der Waals surface area contributed by atoms with Crippen molar-refractivity contribution in [2.75, 3.05) is 6.61 Å². The van der Waals surface area contributed by atoms with Crippen molar-refractivity contribution >= 4 is 22.8 Å². The normalized spacial score (nSPS) is 22.9. The van der Waals surface area contributed by atoms with Crippen LogP contribution in [0.4, 0.5) is 0 Å². The second-order valence-electron chi connectivity index (χ2n) is 5.26. The van der Waals surface area contributed by atoms with E-state index in [1.165, 1.54) is 5.56 Å². The number of ketones is 1. The van der Waals surface area contributed by atoms with Crippen LogP contribution in [0.2, 0.25) is 0 Å². The lowest BCUT2D eigenvalue weighted by molar-refractivity contribution is -0.139. The van der Waals surface area contributed by atoms with Gasteiger partial charge in [-0.25, -0.2) is 0 Å². The predicted octanol–water partition coefficient (Wildman–Crippen LogP) is 2.99. The third kappa shape index (κ3) is 2.14.